The molecule has 6 heteroatoms. The first-order valence-electron chi connectivity index (χ1n) is 9.76. The van der Waals surface area contributed by atoms with E-state index >= 15 is 0 Å². The minimum absolute atomic E-state index is 0.0142. The Morgan fingerprint density at radius 3 is 2.74 bits per heavy atom. The predicted octanol–water partition coefficient (Wildman–Crippen LogP) is 3.33. The van der Waals surface area contributed by atoms with Crippen molar-refractivity contribution < 1.29 is 0 Å². The highest BCUT2D eigenvalue weighted by atomic mass is 16.1. The molecule has 1 aliphatic carbocycles. The van der Waals surface area contributed by atoms with Crippen molar-refractivity contribution in [1.29, 1.82) is 0 Å². The first-order chi connectivity index (χ1) is 13.2. The Morgan fingerprint density at radius 1 is 1.07 bits per heavy atom. The van der Waals surface area contributed by atoms with Crippen LogP contribution in [0, 0.1) is 0 Å². The Hall–Kier alpha value is -2.76. The molecule has 5 rings (SSSR count). The molecule has 3 aromatic rings. The monoisotopic (exact) mass is 361 g/mol. The van der Waals surface area contributed by atoms with Gasteiger partial charge in [-0.15, -0.1) is 0 Å². The van der Waals surface area contributed by atoms with Crippen LogP contribution in [0.25, 0.3) is 10.9 Å². The van der Waals surface area contributed by atoms with Gasteiger partial charge in [0.2, 0.25) is 0 Å². The van der Waals surface area contributed by atoms with E-state index in [0.717, 1.165) is 42.2 Å². The van der Waals surface area contributed by atoms with E-state index in [1.165, 1.54) is 19.3 Å². The fraction of sp³-hybridized carbons (Fsp3) is 0.429. The van der Waals surface area contributed by atoms with Gasteiger partial charge in [0.1, 0.15) is 18.0 Å². The molecule has 0 bridgehead atoms. The van der Waals surface area contributed by atoms with Crippen LogP contribution in [0.15, 0.2) is 41.5 Å². The maximum absolute atomic E-state index is 12.8. The van der Waals surface area contributed by atoms with E-state index in [2.05, 4.69) is 20.9 Å². The van der Waals surface area contributed by atoms with Crippen LogP contribution in [0.4, 0.5) is 5.82 Å². The molecule has 1 aromatic carbocycles. The summed E-state index contributed by atoms with van der Waals surface area (Å²) in [6.07, 6.45) is 7.46. The van der Waals surface area contributed by atoms with Gasteiger partial charge in [0.25, 0.3) is 5.56 Å². The zero-order valence-corrected chi connectivity index (χ0v) is 15.5. The highest BCUT2D eigenvalue weighted by Gasteiger charge is 2.31. The number of fused-ring (bicyclic) bond motifs is 1. The summed E-state index contributed by atoms with van der Waals surface area (Å²) >= 11 is 0. The molecule has 0 amide bonds. The van der Waals surface area contributed by atoms with E-state index in [0.29, 0.717) is 11.3 Å². The Morgan fingerprint density at radius 2 is 1.93 bits per heavy atom. The third-order valence-electron chi connectivity index (χ3n) is 6.06. The molecule has 2 aliphatic rings. The lowest BCUT2D eigenvalue weighted by Crippen LogP contribution is -2.31. The molecule has 0 radical (unpaired) electrons. The lowest BCUT2D eigenvalue weighted by atomic mass is 9.83. The third-order valence-corrected chi connectivity index (χ3v) is 6.06. The first-order valence-corrected chi connectivity index (χ1v) is 9.76. The van der Waals surface area contributed by atoms with Gasteiger partial charge in [0.15, 0.2) is 0 Å². The molecule has 1 saturated heterocycles. The molecular formula is C21H23N5O. The molecule has 6 nitrogen and oxygen atoms in total. The fourth-order valence-corrected chi connectivity index (χ4v) is 4.29. The quantitative estimate of drug-likeness (QED) is 0.716. The average molecular weight is 361 g/mol. The molecule has 27 heavy (non-hydrogen) atoms. The van der Waals surface area contributed by atoms with Gasteiger partial charge in [-0.1, -0.05) is 18.6 Å². The lowest BCUT2D eigenvalue weighted by molar-refractivity contribution is 0.410. The highest BCUT2D eigenvalue weighted by Crippen LogP contribution is 2.38. The van der Waals surface area contributed by atoms with Crippen LogP contribution in [-0.2, 0) is 7.05 Å². The molecule has 1 saturated carbocycles. The molecule has 0 N–H and O–H groups in total. The van der Waals surface area contributed by atoms with Crippen LogP contribution in [0.5, 0.6) is 0 Å². The van der Waals surface area contributed by atoms with E-state index in [1.807, 2.05) is 31.3 Å². The number of nitrogens with zero attached hydrogens (tertiary/aromatic N) is 5. The summed E-state index contributed by atoms with van der Waals surface area (Å²) in [5.41, 5.74) is 1.93. The number of rotatable bonds is 3. The second-order valence-electron chi connectivity index (χ2n) is 7.63. The van der Waals surface area contributed by atoms with E-state index in [9.17, 15) is 4.79 Å². The summed E-state index contributed by atoms with van der Waals surface area (Å²) in [5, 5.41) is 0.669. The fourth-order valence-electron chi connectivity index (χ4n) is 4.29. The van der Waals surface area contributed by atoms with Crippen molar-refractivity contribution in [3.8, 4) is 0 Å². The first kappa shape index (κ1) is 16.4. The van der Waals surface area contributed by atoms with Crippen LogP contribution in [0.1, 0.15) is 55.6 Å². The van der Waals surface area contributed by atoms with Crippen molar-refractivity contribution in [2.24, 2.45) is 7.05 Å². The van der Waals surface area contributed by atoms with Gasteiger partial charge >= 0.3 is 0 Å². The van der Waals surface area contributed by atoms with E-state index in [1.54, 1.807) is 10.9 Å². The zero-order chi connectivity index (χ0) is 18.4. The topological polar surface area (TPSA) is 63.9 Å². The van der Waals surface area contributed by atoms with Crippen molar-refractivity contribution in [2.75, 3.05) is 11.4 Å². The molecule has 1 unspecified atom stereocenters. The summed E-state index contributed by atoms with van der Waals surface area (Å²) in [6.45, 7) is 0.925. The molecule has 2 fully saturated rings. The normalized spacial score (nSPS) is 20.2. The van der Waals surface area contributed by atoms with Gasteiger partial charge in [-0.3, -0.25) is 9.36 Å². The number of hydrogen-bond acceptors (Lipinski definition) is 5. The van der Waals surface area contributed by atoms with Crippen molar-refractivity contribution in [1.82, 2.24) is 19.5 Å². The second kappa shape index (κ2) is 6.44. The van der Waals surface area contributed by atoms with Crippen molar-refractivity contribution >= 4 is 16.7 Å². The largest absolute Gasteiger partial charge is 0.346 e. The van der Waals surface area contributed by atoms with Crippen LogP contribution in [0.3, 0.4) is 0 Å². The average Bonchev–Trinajstić information content (AvgIpc) is 3.13. The van der Waals surface area contributed by atoms with E-state index < -0.39 is 0 Å². The Labute approximate surface area is 157 Å². The molecule has 2 aromatic heterocycles. The summed E-state index contributed by atoms with van der Waals surface area (Å²) in [6, 6.07) is 9.78. The minimum atomic E-state index is 0.0142. The molecule has 0 spiro atoms. The van der Waals surface area contributed by atoms with Gasteiger partial charge < -0.3 is 4.90 Å². The number of aromatic nitrogens is 4. The van der Waals surface area contributed by atoms with Crippen LogP contribution < -0.4 is 10.5 Å². The number of para-hydroxylation sites is 1. The summed E-state index contributed by atoms with van der Waals surface area (Å²) in [4.78, 5) is 29.0. The van der Waals surface area contributed by atoms with Crippen molar-refractivity contribution in [2.45, 2.75) is 44.1 Å². The summed E-state index contributed by atoms with van der Waals surface area (Å²) in [7, 11) is 1.83. The Balaban J connectivity index is 1.56. The van der Waals surface area contributed by atoms with Gasteiger partial charge in [-0.05, 0) is 37.8 Å². The molecule has 3 heterocycles. The molecule has 1 atom stereocenters. The summed E-state index contributed by atoms with van der Waals surface area (Å²) < 4.78 is 1.71. The predicted molar refractivity (Wildman–Crippen MR) is 105 cm³/mol. The van der Waals surface area contributed by atoms with Gasteiger partial charge in [0, 0.05) is 31.3 Å². The summed E-state index contributed by atoms with van der Waals surface area (Å²) in [5.74, 6) is 2.35. The highest BCUT2D eigenvalue weighted by molar-refractivity contribution is 5.77. The molecule has 138 valence electrons. The standard InChI is InChI=1S/C21H23N5O/c1-25-20(24-16-9-3-2-8-15(16)21(25)27)18-10-5-11-26(18)19-12-17(22-13-23-19)14-6-4-7-14/h2-3,8-9,12-14,18H,4-7,10-11H2,1H3. The second-order valence-corrected chi connectivity index (χ2v) is 7.63. The smallest absolute Gasteiger partial charge is 0.261 e. The SMILES string of the molecule is Cn1c(C2CCCN2c2cc(C3CCC3)ncn2)nc2ccccc2c1=O. The number of anilines is 1. The third kappa shape index (κ3) is 2.71. The van der Waals surface area contributed by atoms with E-state index in [-0.39, 0.29) is 11.6 Å². The maximum atomic E-state index is 12.8. The lowest BCUT2D eigenvalue weighted by Gasteiger charge is -2.29. The molecule has 1 aliphatic heterocycles. The van der Waals surface area contributed by atoms with Gasteiger partial charge in [-0.25, -0.2) is 15.0 Å². The van der Waals surface area contributed by atoms with Crippen LogP contribution in [0.2, 0.25) is 0 Å². The van der Waals surface area contributed by atoms with Gasteiger partial charge in [0.05, 0.1) is 16.9 Å². The van der Waals surface area contributed by atoms with Gasteiger partial charge in [-0.2, -0.15) is 0 Å². The Kier molecular flexibility index (Phi) is 3.92. The van der Waals surface area contributed by atoms with Crippen LogP contribution >= 0.6 is 0 Å². The van der Waals surface area contributed by atoms with Crippen molar-refractivity contribution in [3.05, 3.63) is 58.5 Å². The molecular weight excluding hydrogens is 338 g/mol. The Bertz CT molecular complexity index is 1060. The number of benzene rings is 1. The maximum Gasteiger partial charge on any atom is 0.261 e. The minimum Gasteiger partial charge on any atom is -0.346 e. The van der Waals surface area contributed by atoms with Crippen LogP contribution in [-0.4, -0.2) is 26.1 Å². The zero-order valence-electron chi connectivity index (χ0n) is 15.5. The number of hydrogen-bond donors (Lipinski definition) is 0. The van der Waals surface area contributed by atoms with Crippen molar-refractivity contribution in [3.63, 3.8) is 0 Å². The van der Waals surface area contributed by atoms with E-state index in [4.69, 9.17) is 4.98 Å².